The number of benzene rings is 2. The van der Waals surface area contributed by atoms with Crippen molar-refractivity contribution in [1.82, 2.24) is 9.80 Å². The second-order valence-electron chi connectivity index (χ2n) is 12.2. The van der Waals surface area contributed by atoms with Crippen molar-refractivity contribution in [1.29, 1.82) is 0 Å². The second kappa shape index (κ2) is 11.2. The van der Waals surface area contributed by atoms with Crippen LogP contribution in [0.2, 0.25) is 0 Å². The van der Waals surface area contributed by atoms with E-state index in [1.807, 2.05) is 20.8 Å². The van der Waals surface area contributed by atoms with Gasteiger partial charge in [0.1, 0.15) is 11.9 Å². The summed E-state index contributed by atoms with van der Waals surface area (Å²) in [5, 5.41) is 14.2. The number of ketones is 1. The zero-order valence-electron chi connectivity index (χ0n) is 24.8. The number of hydrogen-bond acceptors (Lipinski definition) is 7. The lowest BCUT2D eigenvalue weighted by Gasteiger charge is -2.54. The van der Waals surface area contributed by atoms with Crippen LogP contribution in [-0.2, 0) is 19.1 Å². The van der Waals surface area contributed by atoms with E-state index in [0.29, 0.717) is 28.2 Å². The maximum Gasteiger partial charge on any atom is 0.367 e. The number of rotatable bonds is 7. The van der Waals surface area contributed by atoms with Crippen LogP contribution in [0.4, 0.5) is 10.1 Å². The number of carbonyl (C=O) groups is 3. The Labute approximate surface area is 240 Å². The van der Waals surface area contributed by atoms with Gasteiger partial charge < -0.3 is 24.6 Å². The zero-order chi connectivity index (χ0) is 30.3. The lowest BCUT2D eigenvalue weighted by atomic mass is 9.70. The molecular weight excluding hydrogens is 531 g/mol. The normalized spacial score (nSPS) is 26.6. The number of methoxy groups -OCH3 is 2. The molecule has 4 rings (SSSR count). The van der Waals surface area contributed by atoms with Gasteiger partial charge in [-0.1, -0.05) is 32.9 Å². The van der Waals surface area contributed by atoms with Gasteiger partial charge in [0, 0.05) is 30.5 Å². The van der Waals surface area contributed by atoms with Crippen LogP contribution in [-0.4, -0.2) is 68.8 Å². The van der Waals surface area contributed by atoms with Crippen LogP contribution in [0.3, 0.4) is 0 Å². The van der Waals surface area contributed by atoms with E-state index in [2.05, 4.69) is 5.32 Å². The lowest BCUT2D eigenvalue weighted by molar-refractivity contribution is -0.170. The van der Waals surface area contributed by atoms with Crippen molar-refractivity contribution in [3.8, 4) is 11.5 Å². The fraction of sp³-hybridized carbons (Fsp3) is 0.516. The zero-order valence-corrected chi connectivity index (χ0v) is 24.8. The summed E-state index contributed by atoms with van der Waals surface area (Å²) >= 11 is 0. The Hall–Kier alpha value is -3.34. The number of carboxylic acids is 1. The molecule has 2 aromatic carbocycles. The summed E-state index contributed by atoms with van der Waals surface area (Å²) in [7, 11) is 2.98. The molecule has 10 heteroatoms. The van der Waals surface area contributed by atoms with Gasteiger partial charge in [-0.15, -0.1) is 0 Å². The van der Waals surface area contributed by atoms with Crippen LogP contribution in [0.15, 0.2) is 30.3 Å². The number of quaternary nitrogens is 1. The number of nitrogens with one attached hydrogen (secondary N) is 1. The van der Waals surface area contributed by atoms with E-state index in [0.717, 1.165) is 0 Å². The fourth-order valence-corrected chi connectivity index (χ4v) is 6.89. The van der Waals surface area contributed by atoms with Gasteiger partial charge in [0.15, 0.2) is 29.6 Å². The number of nitrogens with zero attached hydrogens (tertiary/aromatic N) is 1. The molecule has 1 amide bonds. The third-order valence-corrected chi connectivity index (χ3v) is 8.28. The van der Waals surface area contributed by atoms with Gasteiger partial charge in [0.05, 0.1) is 32.2 Å². The first-order chi connectivity index (χ1) is 19.2. The van der Waals surface area contributed by atoms with E-state index in [9.17, 15) is 19.5 Å². The van der Waals surface area contributed by atoms with Crippen molar-refractivity contribution >= 4 is 23.3 Å². The highest BCUT2D eigenvalue weighted by molar-refractivity contribution is 6.02. The fourth-order valence-electron chi connectivity index (χ4n) is 6.89. The number of halogens is 1. The maximum absolute atomic E-state index is 16.7. The van der Waals surface area contributed by atoms with Crippen LogP contribution in [0.1, 0.15) is 56.9 Å². The van der Waals surface area contributed by atoms with Crippen LogP contribution >= 0.6 is 0 Å². The molecule has 1 saturated heterocycles. The Morgan fingerprint density at radius 3 is 2.49 bits per heavy atom. The molecule has 0 aromatic heterocycles. The standard InChI is InChI=1S/C31H39FN2O7/c1-18-13-21-26(23(32)14-18)34(17-30(3,4)5,31(29(37)38)11-12-33-15-22(31)19(2)35)25(36)16-41-27(21)20-9-8-10-24(39-6)28(20)40-7/h8-10,13-14,22,27,33H,11-12,15-17H2,1-7H3/p+1/t22-,27?,31+,34-/m1/s1. The first-order valence-electron chi connectivity index (χ1n) is 13.7. The van der Waals surface area contributed by atoms with Crippen molar-refractivity contribution in [2.75, 3.05) is 40.5 Å². The van der Waals surface area contributed by atoms with Gasteiger partial charge in [-0.05, 0) is 37.6 Å². The molecule has 0 radical (unpaired) electrons. The van der Waals surface area contributed by atoms with Gasteiger partial charge in [-0.2, -0.15) is 0 Å². The van der Waals surface area contributed by atoms with Crippen LogP contribution in [0.5, 0.6) is 11.5 Å². The number of carbonyl (C=O) groups excluding carboxylic acids is 2. The van der Waals surface area contributed by atoms with E-state index in [-0.39, 0.29) is 37.5 Å². The molecule has 2 heterocycles. The lowest BCUT2D eigenvalue weighted by Crippen LogP contribution is -2.80. The summed E-state index contributed by atoms with van der Waals surface area (Å²) in [5.74, 6) is -3.38. The molecule has 1 fully saturated rings. The number of fused-ring (bicyclic) bond motifs is 1. The molecule has 2 N–H and O–H groups in total. The molecule has 1 unspecified atom stereocenters. The summed E-state index contributed by atoms with van der Waals surface area (Å²) in [6.45, 7) is 8.39. The minimum atomic E-state index is -1.98. The molecule has 0 spiro atoms. The summed E-state index contributed by atoms with van der Waals surface area (Å²) in [6, 6.07) is 8.25. The van der Waals surface area contributed by atoms with E-state index in [1.165, 1.54) is 27.2 Å². The number of piperidine rings is 1. The van der Waals surface area contributed by atoms with Gasteiger partial charge in [0.2, 0.25) is 5.54 Å². The van der Waals surface area contributed by atoms with Crippen LogP contribution in [0.25, 0.3) is 0 Å². The van der Waals surface area contributed by atoms with Crippen molar-refractivity contribution in [2.45, 2.75) is 52.7 Å². The van der Waals surface area contributed by atoms with Gasteiger partial charge >= 0.3 is 11.9 Å². The Bertz CT molecular complexity index is 1370. The van der Waals surface area contributed by atoms with E-state index in [4.69, 9.17) is 14.2 Å². The average Bonchev–Trinajstić information content (AvgIpc) is 3.01. The summed E-state index contributed by atoms with van der Waals surface area (Å²) in [5.41, 5.74) is -1.35. The third kappa shape index (κ3) is 4.91. The van der Waals surface area contributed by atoms with Gasteiger partial charge in [0.25, 0.3) is 0 Å². The Kier molecular flexibility index (Phi) is 8.33. The molecule has 2 aromatic rings. The van der Waals surface area contributed by atoms with Gasteiger partial charge in [-0.3, -0.25) is 4.79 Å². The first kappa shape index (κ1) is 30.6. The molecular formula is C31H40FN2O7+. The maximum atomic E-state index is 16.7. The van der Waals surface area contributed by atoms with E-state index < -0.39 is 51.8 Å². The number of carboxylic acid groups (broad SMARTS) is 1. The van der Waals surface area contributed by atoms with Crippen molar-refractivity contribution in [2.24, 2.45) is 11.3 Å². The largest absolute Gasteiger partial charge is 0.493 e. The Morgan fingerprint density at radius 2 is 1.90 bits per heavy atom. The highest BCUT2D eigenvalue weighted by Crippen LogP contribution is 2.53. The monoisotopic (exact) mass is 571 g/mol. The van der Waals surface area contributed by atoms with E-state index in [1.54, 1.807) is 31.2 Å². The van der Waals surface area contributed by atoms with Crippen LogP contribution in [0, 0.1) is 24.1 Å². The second-order valence-corrected chi connectivity index (χ2v) is 12.2. The molecule has 9 nitrogen and oxygen atoms in total. The molecule has 0 saturated carbocycles. The third-order valence-electron chi connectivity index (χ3n) is 8.28. The Morgan fingerprint density at radius 1 is 1.20 bits per heavy atom. The Balaban J connectivity index is 2.20. The number of amides is 1. The predicted molar refractivity (Wildman–Crippen MR) is 152 cm³/mol. The topological polar surface area (TPSA) is 111 Å². The predicted octanol–water partition coefficient (Wildman–Crippen LogP) is 4.17. The van der Waals surface area contributed by atoms with Crippen molar-refractivity contribution < 1.29 is 38.1 Å². The minimum Gasteiger partial charge on any atom is -0.493 e. The quantitative estimate of drug-likeness (QED) is 0.477. The van der Waals surface area contributed by atoms with Crippen molar-refractivity contribution in [3.63, 3.8) is 0 Å². The summed E-state index contributed by atoms with van der Waals surface area (Å²) in [6.07, 6.45) is -1.05. The number of aliphatic carboxylic acids is 1. The number of aryl methyl sites for hydroxylation is 1. The minimum absolute atomic E-state index is 0.0515. The highest BCUT2D eigenvalue weighted by atomic mass is 19.1. The molecule has 2 aliphatic rings. The number of ether oxygens (including phenoxy) is 3. The molecule has 2 aliphatic heterocycles. The number of para-hydroxylation sites is 1. The summed E-state index contributed by atoms with van der Waals surface area (Å²) < 4.78 is 33.3. The smallest absolute Gasteiger partial charge is 0.367 e. The van der Waals surface area contributed by atoms with Crippen LogP contribution < -0.4 is 19.3 Å². The average molecular weight is 572 g/mol. The summed E-state index contributed by atoms with van der Waals surface area (Å²) in [4.78, 5) is 41.5. The number of Topliss-reactive ketones (excluding diaryl/α,β-unsaturated/α-hetero) is 1. The molecule has 4 atom stereocenters. The molecule has 222 valence electrons. The SMILES string of the molecule is COc1cccc(C2OCC(=O)[N@@+](CC(C)(C)C)([C@@]3(C(=O)O)CCNC[C@@H]3C(C)=O)c3c(F)cc(C)cc32)c1OC. The first-order valence-corrected chi connectivity index (χ1v) is 13.7. The van der Waals surface area contributed by atoms with Crippen molar-refractivity contribution in [3.05, 3.63) is 52.8 Å². The molecule has 41 heavy (non-hydrogen) atoms. The van der Waals surface area contributed by atoms with E-state index >= 15 is 4.39 Å². The highest BCUT2D eigenvalue weighted by Gasteiger charge is 2.70. The molecule has 0 bridgehead atoms. The number of hydrogen-bond donors (Lipinski definition) is 2. The van der Waals surface area contributed by atoms with Gasteiger partial charge in [-0.25, -0.2) is 18.5 Å². The molecule has 0 aliphatic carbocycles.